The van der Waals surface area contributed by atoms with Crippen LogP contribution in [0.1, 0.15) is 25.7 Å². The van der Waals surface area contributed by atoms with Crippen molar-refractivity contribution in [1.29, 1.82) is 0 Å². The van der Waals surface area contributed by atoms with Gasteiger partial charge in [0.1, 0.15) is 0 Å². The van der Waals surface area contributed by atoms with Crippen molar-refractivity contribution in [2.24, 2.45) is 5.92 Å². The molecule has 0 aromatic carbocycles. The number of aromatic nitrogens is 3. The number of anilines is 1. The molecular weight excluding hydrogens is 202 g/mol. The van der Waals surface area contributed by atoms with Gasteiger partial charge in [-0.3, -0.25) is 0 Å². The van der Waals surface area contributed by atoms with E-state index in [-0.39, 0.29) is 18.8 Å². The van der Waals surface area contributed by atoms with Crippen LogP contribution >= 0.6 is 0 Å². The molecule has 0 amide bonds. The van der Waals surface area contributed by atoms with E-state index in [1.165, 1.54) is 11.0 Å². The number of alkyl halides is 2. The van der Waals surface area contributed by atoms with Crippen molar-refractivity contribution in [3.05, 3.63) is 6.20 Å². The third-order valence-electron chi connectivity index (χ3n) is 2.85. The van der Waals surface area contributed by atoms with Crippen LogP contribution in [0, 0.1) is 5.92 Å². The van der Waals surface area contributed by atoms with E-state index in [1.54, 1.807) is 0 Å². The molecule has 2 N–H and O–H groups in total. The molecule has 2 rings (SSSR count). The molecule has 0 aliphatic heterocycles. The molecule has 6 heteroatoms. The van der Waals surface area contributed by atoms with Crippen molar-refractivity contribution >= 4 is 5.82 Å². The Morgan fingerprint density at radius 2 is 2.33 bits per heavy atom. The Labute approximate surface area is 86.4 Å². The number of nitrogens with zero attached hydrogens (tertiary/aromatic N) is 3. The Morgan fingerprint density at radius 3 is 2.93 bits per heavy atom. The smallest absolute Gasteiger partial charge is 0.252 e. The molecule has 1 fully saturated rings. The monoisotopic (exact) mass is 216 g/mol. The Hall–Kier alpha value is -1.20. The van der Waals surface area contributed by atoms with Gasteiger partial charge in [-0.25, -0.2) is 8.78 Å². The molecule has 84 valence electrons. The Bertz CT molecular complexity index is 337. The fourth-order valence-corrected chi connectivity index (χ4v) is 1.99. The van der Waals surface area contributed by atoms with Crippen LogP contribution in [-0.2, 0) is 6.54 Å². The number of nitrogens with two attached hydrogens (primary N) is 1. The molecule has 4 nitrogen and oxygen atoms in total. The quantitative estimate of drug-likeness (QED) is 0.818. The van der Waals surface area contributed by atoms with E-state index in [9.17, 15) is 8.78 Å². The second-order valence-corrected chi connectivity index (χ2v) is 4.03. The third-order valence-corrected chi connectivity index (χ3v) is 2.85. The van der Waals surface area contributed by atoms with Gasteiger partial charge < -0.3 is 5.73 Å². The molecule has 0 bridgehead atoms. The normalized spacial score (nSPS) is 25.3. The van der Waals surface area contributed by atoms with E-state index >= 15 is 0 Å². The van der Waals surface area contributed by atoms with E-state index in [4.69, 9.17) is 5.73 Å². The lowest BCUT2D eigenvalue weighted by Crippen LogP contribution is -2.35. The van der Waals surface area contributed by atoms with E-state index in [1.807, 2.05) is 0 Å². The fraction of sp³-hybridized carbons (Fsp3) is 0.778. The summed E-state index contributed by atoms with van der Waals surface area (Å²) in [6.45, 7) is 0.157. The van der Waals surface area contributed by atoms with Crippen molar-refractivity contribution in [2.75, 3.05) is 5.73 Å². The van der Waals surface area contributed by atoms with Crippen molar-refractivity contribution in [3.63, 3.8) is 0 Å². The summed E-state index contributed by atoms with van der Waals surface area (Å²) in [6, 6.07) is 0. The van der Waals surface area contributed by atoms with Crippen LogP contribution in [0.3, 0.4) is 0 Å². The molecule has 1 aliphatic carbocycles. The van der Waals surface area contributed by atoms with Crippen LogP contribution in [0.5, 0.6) is 0 Å². The van der Waals surface area contributed by atoms with Gasteiger partial charge in [0.05, 0.1) is 12.7 Å². The highest BCUT2D eigenvalue weighted by Crippen LogP contribution is 2.38. The summed E-state index contributed by atoms with van der Waals surface area (Å²) in [5.74, 6) is -2.96. The highest BCUT2D eigenvalue weighted by Gasteiger charge is 2.41. The number of hydrogen-bond donors (Lipinski definition) is 1. The molecule has 1 saturated carbocycles. The van der Waals surface area contributed by atoms with Gasteiger partial charge in [-0.1, -0.05) is 6.42 Å². The lowest BCUT2D eigenvalue weighted by atomic mass is 9.85. The summed E-state index contributed by atoms with van der Waals surface area (Å²) in [6.07, 6.45) is 3.36. The van der Waals surface area contributed by atoms with E-state index in [2.05, 4.69) is 10.2 Å². The minimum atomic E-state index is -2.58. The number of nitrogen functional groups attached to an aromatic ring is 1. The first-order valence-corrected chi connectivity index (χ1v) is 5.11. The standard InChI is InChI=1S/C9H14F2N4/c10-9(11)4-2-1-3-7(9)6-15-13-5-8(12)14-15/h5,7H,1-4,6H2,(H2,12,14). The topological polar surface area (TPSA) is 56.7 Å². The van der Waals surface area contributed by atoms with E-state index in [0.29, 0.717) is 12.8 Å². The predicted octanol–water partition coefficient (Wildman–Crippen LogP) is 1.69. The first-order chi connectivity index (χ1) is 7.08. The van der Waals surface area contributed by atoms with Gasteiger partial charge in [-0.05, 0) is 12.8 Å². The molecule has 1 heterocycles. The SMILES string of the molecule is Nc1cnn(CC2CCCCC2(F)F)n1. The molecule has 0 spiro atoms. The lowest BCUT2D eigenvalue weighted by molar-refractivity contribution is -0.0930. The molecule has 1 aromatic heterocycles. The average molecular weight is 216 g/mol. The van der Waals surface area contributed by atoms with Crippen molar-refractivity contribution < 1.29 is 8.78 Å². The summed E-state index contributed by atoms with van der Waals surface area (Å²) in [4.78, 5) is 1.26. The second kappa shape index (κ2) is 3.75. The van der Waals surface area contributed by atoms with Gasteiger partial charge in [0.2, 0.25) is 0 Å². The largest absolute Gasteiger partial charge is 0.381 e. The molecule has 1 aromatic rings. The maximum Gasteiger partial charge on any atom is 0.252 e. The molecule has 15 heavy (non-hydrogen) atoms. The summed E-state index contributed by atoms with van der Waals surface area (Å²) < 4.78 is 26.9. The maximum atomic E-state index is 13.5. The second-order valence-electron chi connectivity index (χ2n) is 4.03. The predicted molar refractivity (Wildman–Crippen MR) is 51.3 cm³/mol. The van der Waals surface area contributed by atoms with Gasteiger partial charge in [0, 0.05) is 12.3 Å². The lowest BCUT2D eigenvalue weighted by Gasteiger charge is -2.30. The van der Waals surface area contributed by atoms with Crippen LogP contribution in [-0.4, -0.2) is 20.9 Å². The van der Waals surface area contributed by atoms with Crippen LogP contribution in [0.2, 0.25) is 0 Å². The minimum absolute atomic E-state index is 0.0194. The highest BCUT2D eigenvalue weighted by atomic mass is 19.3. The number of rotatable bonds is 2. The van der Waals surface area contributed by atoms with E-state index in [0.717, 1.165) is 6.42 Å². The van der Waals surface area contributed by atoms with Crippen molar-refractivity contribution in [3.8, 4) is 0 Å². The zero-order valence-electron chi connectivity index (χ0n) is 8.37. The van der Waals surface area contributed by atoms with Gasteiger partial charge in [-0.15, -0.1) is 5.10 Å². The van der Waals surface area contributed by atoms with E-state index < -0.39 is 11.8 Å². The highest BCUT2D eigenvalue weighted by molar-refractivity contribution is 5.19. The maximum absolute atomic E-state index is 13.5. The summed E-state index contributed by atoms with van der Waals surface area (Å²) in [7, 11) is 0. The first-order valence-electron chi connectivity index (χ1n) is 5.11. The first kappa shape index (κ1) is 10.3. The zero-order valence-corrected chi connectivity index (χ0v) is 8.37. The molecule has 0 saturated heterocycles. The van der Waals surface area contributed by atoms with Gasteiger partial charge in [0.25, 0.3) is 5.92 Å². The van der Waals surface area contributed by atoms with Crippen LogP contribution in [0.4, 0.5) is 14.6 Å². The molecule has 1 aliphatic rings. The Morgan fingerprint density at radius 1 is 1.53 bits per heavy atom. The molecular formula is C9H14F2N4. The number of hydrogen-bond acceptors (Lipinski definition) is 3. The Kier molecular flexibility index (Phi) is 2.58. The van der Waals surface area contributed by atoms with Crippen molar-refractivity contribution in [1.82, 2.24) is 15.0 Å². The van der Waals surface area contributed by atoms with Gasteiger partial charge >= 0.3 is 0 Å². The van der Waals surface area contributed by atoms with Gasteiger partial charge in [0.15, 0.2) is 5.82 Å². The van der Waals surface area contributed by atoms with Crippen LogP contribution in [0.25, 0.3) is 0 Å². The van der Waals surface area contributed by atoms with Gasteiger partial charge in [-0.2, -0.15) is 9.90 Å². The molecule has 0 radical (unpaired) electrons. The van der Waals surface area contributed by atoms with Crippen molar-refractivity contribution in [2.45, 2.75) is 38.2 Å². The molecule has 1 atom stereocenters. The minimum Gasteiger partial charge on any atom is -0.381 e. The Balaban J connectivity index is 2.04. The van der Waals surface area contributed by atoms with Crippen LogP contribution < -0.4 is 5.73 Å². The summed E-state index contributed by atoms with van der Waals surface area (Å²) in [5, 5.41) is 7.64. The molecule has 1 unspecified atom stereocenters. The summed E-state index contributed by atoms with van der Waals surface area (Å²) >= 11 is 0. The third kappa shape index (κ3) is 2.24. The average Bonchev–Trinajstić information content (AvgIpc) is 2.55. The number of halogens is 2. The summed E-state index contributed by atoms with van der Waals surface area (Å²) in [5.41, 5.74) is 5.37. The zero-order chi connectivity index (χ0) is 10.9. The van der Waals surface area contributed by atoms with Crippen LogP contribution in [0.15, 0.2) is 6.20 Å². The fourth-order valence-electron chi connectivity index (χ4n) is 1.99.